The molecule has 0 spiro atoms. The summed E-state index contributed by atoms with van der Waals surface area (Å²) in [5, 5.41) is 11.1. The first-order chi connectivity index (χ1) is 11.7. The highest BCUT2D eigenvalue weighted by molar-refractivity contribution is 7.07. The van der Waals surface area contributed by atoms with Crippen LogP contribution >= 0.6 is 11.3 Å². The van der Waals surface area contributed by atoms with Gasteiger partial charge in [-0.25, -0.2) is 4.39 Å². The summed E-state index contributed by atoms with van der Waals surface area (Å²) >= 11 is 1.59. The molecule has 0 saturated heterocycles. The van der Waals surface area contributed by atoms with Crippen LogP contribution in [0.2, 0.25) is 0 Å². The third kappa shape index (κ3) is 3.99. The fourth-order valence-corrected chi connectivity index (χ4v) is 2.97. The maximum atomic E-state index is 13.5. The number of carbonyl (C=O) groups excluding carboxylic acids is 1. The van der Waals surface area contributed by atoms with Crippen LogP contribution in [-0.4, -0.2) is 28.8 Å². The molecule has 2 heterocycles. The van der Waals surface area contributed by atoms with Crippen LogP contribution in [0.15, 0.2) is 59.6 Å². The van der Waals surface area contributed by atoms with Crippen molar-refractivity contribution in [1.82, 2.24) is 15.1 Å². The number of para-hydroxylation sites is 1. The minimum absolute atomic E-state index is 0.0640. The first-order valence-corrected chi connectivity index (χ1v) is 8.33. The van der Waals surface area contributed by atoms with E-state index in [-0.39, 0.29) is 24.3 Å². The van der Waals surface area contributed by atoms with Crippen LogP contribution in [0.5, 0.6) is 5.75 Å². The lowest BCUT2D eigenvalue weighted by Gasteiger charge is -2.17. The van der Waals surface area contributed by atoms with Crippen LogP contribution in [0.4, 0.5) is 4.39 Å². The molecule has 0 aliphatic carbocycles. The molecule has 0 unspecified atom stereocenters. The number of thiophene rings is 1. The zero-order valence-corrected chi connectivity index (χ0v) is 13.6. The molecule has 0 fully saturated rings. The van der Waals surface area contributed by atoms with Crippen molar-refractivity contribution >= 4 is 17.2 Å². The molecule has 24 heavy (non-hydrogen) atoms. The van der Waals surface area contributed by atoms with E-state index < -0.39 is 5.82 Å². The molecule has 1 N–H and O–H groups in total. The topological polar surface area (TPSA) is 56.1 Å². The van der Waals surface area contributed by atoms with Crippen molar-refractivity contribution in [3.8, 4) is 5.75 Å². The van der Waals surface area contributed by atoms with Crippen LogP contribution in [0, 0.1) is 5.82 Å². The van der Waals surface area contributed by atoms with E-state index in [0.717, 1.165) is 5.56 Å². The fraction of sp³-hybridized carbons (Fsp3) is 0.176. The maximum absolute atomic E-state index is 13.5. The first-order valence-electron chi connectivity index (χ1n) is 7.39. The van der Waals surface area contributed by atoms with Crippen LogP contribution in [0.25, 0.3) is 0 Å². The summed E-state index contributed by atoms with van der Waals surface area (Å²) in [6.07, 6.45) is 3.55. The Morgan fingerprint density at radius 2 is 2.21 bits per heavy atom. The van der Waals surface area contributed by atoms with Gasteiger partial charge in [-0.3, -0.25) is 9.48 Å². The number of benzene rings is 1. The number of hydrogen-bond acceptors (Lipinski definition) is 4. The predicted molar refractivity (Wildman–Crippen MR) is 89.6 cm³/mol. The summed E-state index contributed by atoms with van der Waals surface area (Å²) < 4.78 is 20.5. The second-order valence-electron chi connectivity index (χ2n) is 5.08. The first kappa shape index (κ1) is 16.2. The van der Waals surface area contributed by atoms with E-state index in [9.17, 15) is 9.18 Å². The highest BCUT2D eigenvalue weighted by atomic mass is 32.1. The summed E-state index contributed by atoms with van der Waals surface area (Å²) in [5.41, 5.74) is 1.07. The minimum Gasteiger partial charge on any atom is -0.481 e. The molecule has 0 radical (unpaired) electrons. The second-order valence-corrected chi connectivity index (χ2v) is 5.86. The van der Waals surface area contributed by atoms with Gasteiger partial charge in [0.25, 0.3) is 5.91 Å². The molecule has 0 aliphatic rings. The summed E-state index contributed by atoms with van der Waals surface area (Å²) in [4.78, 5) is 12.0. The Kier molecular flexibility index (Phi) is 5.22. The van der Waals surface area contributed by atoms with E-state index in [0.29, 0.717) is 6.54 Å². The number of nitrogens with zero attached hydrogens (tertiary/aromatic N) is 2. The lowest BCUT2D eigenvalue weighted by molar-refractivity contribution is -0.123. The van der Waals surface area contributed by atoms with Crippen molar-refractivity contribution in [2.24, 2.45) is 0 Å². The number of nitrogens with one attached hydrogen (secondary N) is 1. The Morgan fingerprint density at radius 3 is 2.92 bits per heavy atom. The van der Waals surface area contributed by atoms with Gasteiger partial charge in [0.15, 0.2) is 18.2 Å². The van der Waals surface area contributed by atoms with Crippen molar-refractivity contribution < 1.29 is 13.9 Å². The average molecular weight is 345 g/mol. The Morgan fingerprint density at radius 1 is 1.33 bits per heavy atom. The van der Waals surface area contributed by atoms with Crippen LogP contribution < -0.4 is 10.1 Å². The molecule has 1 atom stereocenters. The second kappa shape index (κ2) is 7.74. The van der Waals surface area contributed by atoms with Crippen molar-refractivity contribution in [2.75, 3.05) is 13.2 Å². The standard InChI is InChI=1S/C17H16FN3O2S/c18-14-4-1-2-5-16(14)23-11-17(22)19-10-15(13-6-9-24-12-13)21-8-3-7-20-21/h1-9,12,15H,10-11H2,(H,19,22)/t15-/m1/s1. The molecule has 3 rings (SSSR count). The van der Waals surface area contributed by atoms with E-state index in [1.807, 2.05) is 29.1 Å². The Hall–Kier alpha value is -2.67. The normalized spacial score (nSPS) is 11.9. The molecule has 1 amide bonds. The quantitative estimate of drug-likeness (QED) is 0.716. The Labute approximate surface area is 142 Å². The summed E-state index contributed by atoms with van der Waals surface area (Å²) in [7, 11) is 0. The van der Waals surface area contributed by atoms with Gasteiger partial charge >= 0.3 is 0 Å². The summed E-state index contributed by atoms with van der Waals surface area (Å²) in [6.45, 7) is 0.133. The number of carbonyl (C=O) groups is 1. The van der Waals surface area contributed by atoms with E-state index in [2.05, 4.69) is 10.4 Å². The molecule has 5 nitrogen and oxygen atoms in total. The van der Waals surface area contributed by atoms with Crippen molar-refractivity contribution in [3.63, 3.8) is 0 Å². The number of hydrogen-bond donors (Lipinski definition) is 1. The number of aromatic nitrogens is 2. The highest BCUT2D eigenvalue weighted by Crippen LogP contribution is 2.19. The molecular weight excluding hydrogens is 329 g/mol. The smallest absolute Gasteiger partial charge is 0.258 e. The monoisotopic (exact) mass is 345 g/mol. The van der Waals surface area contributed by atoms with E-state index >= 15 is 0 Å². The van der Waals surface area contributed by atoms with Gasteiger partial charge in [-0.2, -0.15) is 16.4 Å². The van der Waals surface area contributed by atoms with Gasteiger partial charge in [-0.15, -0.1) is 0 Å². The molecule has 1 aromatic carbocycles. The van der Waals surface area contributed by atoms with Crippen molar-refractivity contribution in [1.29, 1.82) is 0 Å². The highest BCUT2D eigenvalue weighted by Gasteiger charge is 2.16. The average Bonchev–Trinajstić information content (AvgIpc) is 3.28. The van der Waals surface area contributed by atoms with Gasteiger partial charge in [0.1, 0.15) is 0 Å². The SMILES string of the molecule is O=C(COc1ccccc1F)NC[C@H](c1ccsc1)n1cccn1. The van der Waals surface area contributed by atoms with Crippen molar-refractivity contribution in [3.05, 3.63) is 70.9 Å². The number of amides is 1. The summed E-state index contributed by atoms with van der Waals surface area (Å²) in [6, 6.07) is 9.74. The van der Waals surface area contributed by atoms with Gasteiger partial charge in [-0.1, -0.05) is 12.1 Å². The molecule has 0 saturated carbocycles. The third-order valence-corrected chi connectivity index (χ3v) is 4.16. The van der Waals surface area contributed by atoms with Gasteiger partial charge in [-0.05, 0) is 40.6 Å². The molecule has 0 aliphatic heterocycles. The third-order valence-electron chi connectivity index (χ3n) is 3.46. The Balaban J connectivity index is 1.57. The van der Waals surface area contributed by atoms with Gasteiger partial charge in [0.2, 0.25) is 0 Å². The van der Waals surface area contributed by atoms with Crippen LogP contribution in [0.3, 0.4) is 0 Å². The Bertz CT molecular complexity index is 741. The molecular formula is C17H16FN3O2S. The van der Waals surface area contributed by atoms with Crippen LogP contribution in [0.1, 0.15) is 11.6 Å². The van der Waals surface area contributed by atoms with E-state index in [1.165, 1.54) is 12.1 Å². The van der Waals surface area contributed by atoms with Gasteiger partial charge in [0.05, 0.1) is 6.04 Å². The predicted octanol–water partition coefficient (Wildman–Crippen LogP) is 2.87. The minimum atomic E-state index is -0.488. The summed E-state index contributed by atoms with van der Waals surface area (Å²) in [5.74, 6) is -0.738. The lowest BCUT2D eigenvalue weighted by atomic mass is 10.1. The van der Waals surface area contributed by atoms with Crippen LogP contribution in [-0.2, 0) is 4.79 Å². The lowest BCUT2D eigenvalue weighted by Crippen LogP contribution is -2.34. The number of rotatable bonds is 7. The zero-order chi connectivity index (χ0) is 16.8. The largest absolute Gasteiger partial charge is 0.481 e. The van der Waals surface area contributed by atoms with Gasteiger partial charge < -0.3 is 10.1 Å². The maximum Gasteiger partial charge on any atom is 0.258 e. The molecule has 7 heteroatoms. The molecule has 2 aromatic heterocycles. The van der Waals surface area contributed by atoms with E-state index in [4.69, 9.17) is 4.74 Å². The number of ether oxygens (including phenoxy) is 1. The van der Waals surface area contributed by atoms with Gasteiger partial charge in [0, 0.05) is 18.9 Å². The number of halogens is 1. The zero-order valence-electron chi connectivity index (χ0n) is 12.8. The van der Waals surface area contributed by atoms with E-state index in [1.54, 1.807) is 34.3 Å². The van der Waals surface area contributed by atoms with Crippen molar-refractivity contribution in [2.45, 2.75) is 6.04 Å². The fourth-order valence-electron chi connectivity index (χ4n) is 2.26. The molecule has 0 bridgehead atoms. The molecule has 3 aromatic rings. The molecule has 124 valence electrons.